The average molecular weight is 493 g/mol. The van der Waals surface area contributed by atoms with Gasteiger partial charge < -0.3 is 10.2 Å². The number of carboxylic acid groups (broad SMARTS) is 1. The molecule has 0 spiro atoms. The summed E-state index contributed by atoms with van der Waals surface area (Å²) >= 11 is 0. The Hall–Kier alpha value is -0.650. The van der Waals surface area contributed by atoms with Crippen LogP contribution in [0.1, 0.15) is 113 Å². The van der Waals surface area contributed by atoms with Crippen molar-refractivity contribution in [2.24, 2.45) is 51.8 Å². The molecule has 4 rings (SSSR count). The highest BCUT2D eigenvalue weighted by Crippen LogP contribution is 2.74. The normalized spacial score (nSPS) is 46.4. The zero-order valence-corrected chi connectivity index (χ0v) is 23.4. The fraction of sp³-hybridized carbons (Fsp3) is 0.967. The fourth-order valence-corrected chi connectivity index (χ4v) is 10.1. The number of hydrogen-bond acceptors (Lipinski definition) is 4. The minimum Gasteiger partial charge on any atom is -0.481 e. The first-order chi connectivity index (χ1) is 16.2. The van der Waals surface area contributed by atoms with E-state index in [-0.39, 0.29) is 29.0 Å². The Morgan fingerprint density at radius 1 is 1.00 bits per heavy atom. The number of carboxylic acids is 1. The first-order valence-electron chi connectivity index (χ1n) is 14.4. The predicted octanol–water partition coefficient (Wildman–Crippen LogP) is 6.87. The molecule has 4 fully saturated rings. The van der Waals surface area contributed by atoms with Crippen LogP contribution in [0.5, 0.6) is 0 Å². The summed E-state index contributed by atoms with van der Waals surface area (Å²) < 4.78 is 0. The minimum absolute atomic E-state index is 0.127. The van der Waals surface area contributed by atoms with E-state index in [1.54, 1.807) is 0 Å². The van der Waals surface area contributed by atoms with Crippen LogP contribution in [0, 0.1) is 51.8 Å². The Balaban J connectivity index is 1.66. The van der Waals surface area contributed by atoms with Crippen molar-refractivity contribution >= 4 is 5.97 Å². The van der Waals surface area contributed by atoms with E-state index in [2.05, 4.69) is 27.7 Å². The molecule has 0 saturated heterocycles. The van der Waals surface area contributed by atoms with Crippen LogP contribution in [-0.2, 0) is 14.6 Å². The van der Waals surface area contributed by atoms with Gasteiger partial charge in [0.1, 0.15) is 0 Å². The standard InChI is InChI=1S/C30H52O5/c1-19(8-11-26(32)33)23-9-10-24-29(6)14-12-20-16-22(31)13-15-28(20,5)25(29)17-21(30(23,24)7)18-34-35-27(2,3)4/h19-25,31H,8-18H2,1-7H3,(H,32,33)/t19-,20-,21?,22-,23?,24+,25?,28+,29+,30-/m1/s1. The van der Waals surface area contributed by atoms with Gasteiger partial charge in [-0.05, 0) is 130 Å². The van der Waals surface area contributed by atoms with Gasteiger partial charge in [-0.3, -0.25) is 4.79 Å². The zero-order valence-electron chi connectivity index (χ0n) is 23.4. The number of aliphatic hydroxyl groups excluding tert-OH is 1. The predicted molar refractivity (Wildman–Crippen MR) is 138 cm³/mol. The van der Waals surface area contributed by atoms with Gasteiger partial charge in [-0.1, -0.05) is 27.7 Å². The summed E-state index contributed by atoms with van der Waals surface area (Å²) in [6, 6.07) is 0. The SMILES string of the molecule is C[C@H](CCC(=O)O)C1CC[C@@H]2[C@]1(C)C(COOC(C)(C)C)CC1[C@@]3(C)CC[C@@H](O)C[C@H]3CC[C@]12C. The fourth-order valence-electron chi connectivity index (χ4n) is 10.1. The molecule has 2 N–H and O–H groups in total. The molecule has 35 heavy (non-hydrogen) atoms. The van der Waals surface area contributed by atoms with Crippen molar-refractivity contribution in [3.63, 3.8) is 0 Å². The van der Waals surface area contributed by atoms with E-state index in [1.165, 1.54) is 25.7 Å². The van der Waals surface area contributed by atoms with Crippen molar-refractivity contribution < 1.29 is 24.8 Å². The second kappa shape index (κ2) is 9.58. The molecule has 5 nitrogen and oxygen atoms in total. The van der Waals surface area contributed by atoms with E-state index in [4.69, 9.17) is 9.78 Å². The van der Waals surface area contributed by atoms with Crippen LogP contribution in [0.25, 0.3) is 0 Å². The number of rotatable bonds is 7. The van der Waals surface area contributed by atoms with Crippen molar-refractivity contribution in [2.45, 2.75) is 124 Å². The highest BCUT2D eigenvalue weighted by molar-refractivity contribution is 5.66. The first kappa shape index (κ1) is 27.4. The maximum absolute atomic E-state index is 11.4. The zero-order chi connectivity index (χ0) is 25.8. The first-order valence-corrected chi connectivity index (χ1v) is 14.4. The number of aliphatic hydroxyl groups is 1. The van der Waals surface area contributed by atoms with E-state index in [0.717, 1.165) is 32.1 Å². The summed E-state index contributed by atoms with van der Waals surface area (Å²) in [5.74, 6) is 2.50. The summed E-state index contributed by atoms with van der Waals surface area (Å²) in [5.41, 5.74) is 0.366. The molecule has 5 heteroatoms. The Labute approximate surface area is 213 Å². The highest BCUT2D eigenvalue weighted by Gasteiger charge is 2.68. The summed E-state index contributed by atoms with van der Waals surface area (Å²) in [5, 5.41) is 19.8. The molecule has 0 amide bonds. The summed E-state index contributed by atoms with van der Waals surface area (Å²) in [4.78, 5) is 23.2. The molecule has 0 bridgehead atoms. The summed E-state index contributed by atoms with van der Waals surface area (Å²) in [6.07, 6.45) is 10.0. The van der Waals surface area contributed by atoms with Crippen LogP contribution in [0.2, 0.25) is 0 Å². The van der Waals surface area contributed by atoms with Crippen molar-refractivity contribution in [3.05, 3.63) is 0 Å². The van der Waals surface area contributed by atoms with Crippen LogP contribution in [-0.4, -0.2) is 34.5 Å². The van der Waals surface area contributed by atoms with Crippen molar-refractivity contribution in [3.8, 4) is 0 Å². The van der Waals surface area contributed by atoms with Crippen molar-refractivity contribution in [1.29, 1.82) is 0 Å². The molecule has 4 aliphatic carbocycles. The van der Waals surface area contributed by atoms with Gasteiger partial charge in [0.25, 0.3) is 0 Å². The number of carbonyl (C=O) groups is 1. The van der Waals surface area contributed by atoms with Crippen molar-refractivity contribution in [1.82, 2.24) is 0 Å². The van der Waals surface area contributed by atoms with Gasteiger partial charge in [-0.15, -0.1) is 0 Å². The quantitative estimate of drug-likeness (QED) is 0.299. The van der Waals surface area contributed by atoms with Crippen LogP contribution in [0.3, 0.4) is 0 Å². The maximum atomic E-state index is 11.4. The molecule has 0 aromatic carbocycles. The second-order valence-corrected chi connectivity index (χ2v) is 14.7. The van der Waals surface area contributed by atoms with E-state index < -0.39 is 5.97 Å². The lowest BCUT2D eigenvalue weighted by molar-refractivity contribution is -0.363. The largest absolute Gasteiger partial charge is 0.481 e. The molecule has 3 unspecified atom stereocenters. The molecule has 4 aliphatic rings. The van der Waals surface area contributed by atoms with Crippen LogP contribution in [0.15, 0.2) is 0 Å². The van der Waals surface area contributed by atoms with Crippen LogP contribution < -0.4 is 0 Å². The van der Waals surface area contributed by atoms with Gasteiger partial charge in [-0.25, -0.2) is 9.78 Å². The van der Waals surface area contributed by atoms with E-state index in [1.807, 2.05) is 20.8 Å². The smallest absolute Gasteiger partial charge is 0.303 e. The maximum Gasteiger partial charge on any atom is 0.303 e. The van der Waals surface area contributed by atoms with Gasteiger partial charge in [0.2, 0.25) is 0 Å². The topological polar surface area (TPSA) is 76.0 Å². The average Bonchev–Trinajstić information content (AvgIpc) is 3.12. The summed E-state index contributed by atoms with van der Waals surface area (Å²) in [6.45, 7) is 16.7. The van der Waals surface area contributed by atoms with E-state index in [0.29, 0.717) is 47.5 Å². The molecule has 0 heterocycles. The van der Waals surface area contributed by atoms with Gasteiger partial charge in [0.05, 0.1) is 18.3 Å². The Kier molecular flexibility index (Phi) is 7.50. The number of aliphatic carboxylic acids is 1. The molecule has 0 aromatic heterocycles. The van der Waals surface area contributed by atoms with Crippen molar-refractivity contribution in [2.75, 3.05) is 6.61 Å². The Morgan fingerprint density at radius 3 is 2.34 bits per heavy atom. The number of hydrogen-bond donors (Lipinski definition) is 2. The number of fused-ring (bicyclic) bond motifs is 5. The van der Waals surface area contributed by atoms with Crippen LogP contribution in [0.4, 0.5) is 0 Å². The molecule has 202 valence electrons. The lowest BCUT2D eigenvalue weighted by atomic mass is 9.37. The molecule has 0 aliphatic heterocycles. The lowest BCUT2D eigenvalue weighted by Gasteiger charge is -2.68. The van der Waals surface area contributed by atoms with Crippen LogP contribution >= 0.6 is 0 Å². The molecule has 4 saturated carbocycles. The van der Waals surface area contributed by atoms with Gasteiger partial charge in [0, 0.05) is 6.42 Å². The molecule has 0 radical (unpaired) electrons. The monoisotopic (exact) mass is 492 g/mol. The third kappa shape index (κ3) is 4.83. The minimum atomic E-state index is -0.684. The van der Waals surface area contributed by atoms with Gasteiger partial charge in [0.15, 0.2) is 0 Å². The molecular formula is C30H52O5. The highest BCUT2D eigenvalue weighted by atomic mass is 17.2. The third-order valence-corrected chi connectivity index (χ3v) is 11.7. The van der Waals surface area contributed by atoms with E-state index >= 15 is 0 Å². The molecular weight excluding hydrogens is 440 g/mol. The molecule has 10 atom stereocenters. The lowest BCUT2D eigenvalue weighted by Crippen LogP contribution is -2.62. The second-order valence-electron chi connectivity index (χ2n) is 14.7. The Morgan fingerprint density at radius 2 is 1.69 bits per heavy atom. The van der Waals surface area contributed by atoms with Gasteiger partial charge in [-0.2, -0.15) is 0 Å². The summed E-state index contributed by atoms with van der Waals surface area (Å²) in [7, 11) is 0. The molecule has 0 aromatic rings. The Bertz CT molecular complexity index is 775. The van der Waals surface area contributed by atoms with E-state index in [9.17, 15) is 15.0 Å². The van der Waals surface area contributed by atoms with Gasteiger partial charge >= 0.3 is 5.97 Å². The third-order valence-electron chi connectivity index (χ3n) is 11.7.